The summed E-state index contributed by atoms with van der Waals surface area (Å²) in [6.07, 6.45) is 1.87. The first-order valence-corrected chi connectivity index (χ1v) is 7.40. The fourth-order valence-corrected chi connectivity index (χ4v) is 2.17. The standard InChI is InChI=1S/C15H14IN3O2/c16-11-6-4-10(5-7-11)9-13(14(17)20)19-15(21)12-3-1-2-8-18-12/h1-8,13H,9H2,(H2,17,20)(H,19,21)/t13-/m1/s1. The van der Waals surface area contributed by atoms with Gasteiger partial charge in [0.05, 0.1) is 0 Å². The van der Waals surface area contributed by atoms with Gasteiger partial charge in [-0.25, -0.2) is 0 Å². The van der Waals surface area contributed by atoms with Crippen LogP contribution in [0.5, 0.6) is 0 Å². The lowest BCUT2D eigenvalue weighted by Crippen LogP contribution is -2.46. The van der Waals surface area contributed by atoms with Gasteiger partial charge in [0.25, 0.3) is 5.91 Å². The van der Waals surface area contributed by atoms with E-state index >= 15 is 0 Å². The Bertz CT molecular complexity index is 629. The number of amides is 2. The molecule has 2 aromatic rings. The molecule has 5 nitrogen and oxygen atoms in total. The van der Waals surface area contributed by atoms with Gasteiger partial charge in [-0.15, -0.1) is 0 Å². The molecule has 0 fully saturated rings. The van der Waals surface area contributed by atoms with E-state index in [-0.39, 0.29) is 5.69 Å². The van der Waals surface area contributed by atoms with Crippen LogP contribution in [0.4, 0.5) is 0 Å². The zero-order chi connectivity index (χ0) is 15.2. The molecule has 0 bridgehead atoms. The summed E-state index contributed by atoms with van der Waals surface area (Å²) in [5.74, 6) is -0.984. The van der Waals surface area contributed by atoms with E-state index in [1.165, 1.54) is 6.20 Å². The Morgan fingerprint density at radius 2 is 1.90 bits per heavy atom. The molecule has 1 atom stereocenters. The first kappa shape index (κ1) is 15.4. The normalized spacial score (nSPS) is 11.7. The van der Waals surface area contributed by atoms with Crippen LogP contribution in [0, 0.1) is 3.57 Å². The lowest BCUT2D eigenvalue weighted by Gasteiger charge is -2.15. The highest BCUT2D eigenvalue weighted by molar-refractivity contribution is 14.1. The number of primary amides is 1. The largest absolute Gasteiger partial charge is 0.368 e. The lowest BCUT2D eigenvalue weighted by molar-refractivity contribution is -0.119. The van der Waals surface area contributed by atoms with Crippen molar-refractivity contribution in [2.75, 3.05) is 0 Å². The fraction of sp³-hybridized carbons (Fsp3) is 0.133. The van der Waals surface area contributed by atoms with Gasteiger partial charge in [-0.3, -0.25) is 14.6 Å². The molecule has 2 rings (SSSR count). The van der Waals surface area contributed by atoms with E-state index < -0.39 is 17.9 Å². The van der Waals surface area contributed by atoms with Gasteiger partial charge in [0, 0.05) is 16.2 Å². The zero-order valence-electron chi connectivity index (χ0n) is 11.1. The second kappa shape index (κ2) is 7.16. The van der Waals surface area contributed by atoms with Crippen molar-refractivity contribution in [3.63, 3.8) is 0 Å². The predicted molar refractivity (Wildman–Crippen MR) is 87.5 cm³/mol. The maximum atomic E-state index is 12.0. The second-order valence-electron chi connectivity index (χ2n) is 4.47. The minimum atomic E-state index is -0.764. The molecule has 2 amide bonds. The van der Waals surface area contributed by atoms with Crippen LogP contribution in [0.2, 0.25) is 0 Å². The van der Waals surface area contributed by atoms with Crippen LogP contribution in [0.25, 0.3) is 0 Å². The first-order chi connectivity index (χ1) is 10.1. The van der Waals surface area contributed by atoms with Crippen molar-refractivity contribution in [3.8, 4) is 0 Å². The Kier molecular flexibility index (Phi) is 5.26. The van der Waals surface area contributed by atoms with E-state index in [0.29, 0.717) is 6.42 Å². The Morgan fingerprint density at radius 3 is 2.48 bits per heavy atom. The van der Waals surface area contributed by atoms with Gasteiger partial charge in [-0.1, -0.05) is 18.2 Å². The molecule has 0 radical (unpaired) electrons. The van der Waals surface area contributed by atoms with Crippen LogP contribution >= 0.6 is 22.6 Å². The second-order valence-corrected chi connectivity index (χ2v) is 5.72. The van der Waals surface area contributed by atoms with Crippen LogP contribution in [-0.2, 0) is 11.2 Å². The van der Waals surface area contributed by atoms with Crippen molar-refractivity contribution < 1.29 is 9.59 Å². The molecular formula is C15H14IN3O2. The third kappa shape index (κ3) is 4.52. The van der Waals surface area contributed by atoms with Crippen molar-refractivity contribution in [1.29, 1.82) is 0 Å². The number of benzene rings is 1. The SMILES string of the molecule is NC(=O)[C@@H](Cc1ccc(I)cc1)NC(=O)c1ccccn1. The van der Waals surface area contributed by atoms with Gasteiger partial charge in [0.1, 0.15) is 11.7 Å². The molecule has 3 N–H and O–H groups in total. The van der Waals surface area contributed by atoms with Gasteiger partial charge >= 0.3 is 0 Å². The third-order valence-corrected chi connectivity index (χ3v) is 3.62. The maximum absolute atomic E-state index is 12.0. The van der Waals surface area contributed by atoms with E-state index in [9.17, 15) is 9.59 Å². The van der Waals surface area contributed by atoms with Crippen LogP contribution in [0.15, 0.2) is 48.7 Å². The Morgan fingerprint density at radius 1 is 1.19 bits per heavy atom. The number of pyridine rings is 1. The summed E-state index contributed by atoms with van der Waals surface area (Å²) in [7, 11) is 0. The van der Waals surface area contributed by atoms with Crippen LogP contribution < -0.4 is 11.1 Å². The molecule has 1 aromatic carbocycles. The molecule has 0 aliphatic heterocycles. The minimum absolute atomic E-state index is 0.256. The average Bonchev–Trinajstić information content (AvgIpc) is 2.49. The highest BCUT2D eigenvalue weighted by atomic mass is 127. The highest BCUT2D eigenvalue weighted by Crippen LogP contribution is 2.09. The molecule has 1 aromatic heterocycles. The molecule has 21 heavy (non-hydrogen) atoms. The summed E-state index contributed by atoms with van der Waals surface area (Å²) in [5.41, 5.74) is 6.55. The van der Waals surface area contributed by atoms with Crippen molar-refractivity contribution in [1.82, 2.24) is 10.3 Å². The average molecular weight is 395 g/mol. The molecule has 0 aliphatic carbocycles. The topological polar surface area (TPSA) is 85.1 Å². The summed E-state index contributed by atoms with van der Waals surface area (Å²) in [5, 5.41) is 2.62. The molecule has 0 saturated heterocycles. The van der Waals surface area contributed by atoms with Gasteiger partial charge in [0.15, 0.2) is 0 Å². The molecular weight excluding hydrogens is 381 g/mol. The quantitative estimate of drug-likeness (QED) is 0.753. The molecule has 1 heterocycles. The first-order valence-electron chi connectivity index (χ1n) is 6.32. The zero-order valence-corrected chi connectivity index (χ0v) is 13.3. The number of aromatic nitrogens is 1. The number of nitrogens with zero attached hydrogens (tertiary/aromatic N) is 1. The molecule has 0 spiro atoms. The molecule has 0 aliphatic rings. The highest BCUT2D eigenvalue weighted by Gasteiger charge is 2.19. The van der Waals surface area contributed by atoms with Crippen LogP contribution in [-0.4, -0.2) is 22.8 Å². The van der Waals surface area contributed by atoms with Gasteiger partial charge in [-0.2, -0.15) is 0 Å². The Balaban J connectivity index is 2.07. The van der Waals surface area contributed by atoms with E-state index in [0.717, 1.165) is 9.13 Å². The summed E-state index contributed by atoms with van der Waals surface area (Å²) < 4.78 is 1.10. The van der Waals surface area contributed by atoms with Gasteiger partial charge < -0.3 is 11.1 Å². The summed E-state index contributed by atoms with van der Waals surface area (Å²) >= 11 is 2.20. The lowest BCUT2D eigenvalue weighted by atomic mass is 10.1. The van der Waals surface area contributed by atoms with Crippen molar-refractivity contribution in [2.45, 2.75) is 12.5 Å². The monoisotopic (exact) mass is 395 g/mol. The summed E-state index contributed by atoms with van der Waals surface area (Å²) in [6, 6.07) is 11.9. The predicted octanol–water partition coefficient (Wildman–Crippen LogP) is 1.51. The molecule has 0 unspecified atom stereocenters. The minimum Gasteiger partial charge on any atom is -0.368 e. The molecule has 108 valence electrons. The molecule has 0 saturated carbocycles. The number of carbonyl (C=O) groups excluding carboxylic acids is 2. The summed E-state index contributed by atoms with van der Waals surface area (Å²) in [4.78, 5) is 27.5. The number of halogens is 1. The number of carbonyl (C=O) groups is 2. The number of hydrogen-bond acceptors (Lipinski definition) is 3. The Labute approximate surface area is 136 Å². The number of rotatable bonds is 5. The van der Waals surface area contributed by atoms with Gasteiger partial charge in [-0.05, 0) is 52.4 Å². The van der Waals surface area contributed by atoms with E-state index in [1.807, 2.05) is 24.3 Å². The van der Waals surface area contributed by atoms with Crippen LogP contribution in [0.3, 0.4) is 0 Å². The van der Waals surface area contributed by atoms with Crippen molar-refractivity contribution in [3.05, 3.63) is 63.5 Å². The Hall–Kier alpha value is -1.96. The van der Waals surface area contributed by atoms with Crippen molar-refractivity contribution in [2.24, 2.45) is 5.73 Å². The van der Waals surface area contributed by atoms with Crippen LogP contribution in [0.1, 0.15) is 16.1 Å². The number of nitrogens with one attached hydrogen (secondary N) is 1. The number of nitrogens with two attached hydrogens (primary N) is 1. The van der Waals surface area contributed by atoms with E-state index in [4.69, 9.17) is 5.73 Å². The fourth-order valence-electron chi connectivity index (χ4n) is 1.81. The summed E-state index contributed by atoms with van der Waals surface area (Å²) in [6.45, 7) is 0. The smallest absolute Gasteiger partial charge is 0.270 e. The maximum Gasteiger partial charge on any atom is 0.270 e. The third-order valence-electron chi connectivity index (χ3n) is 2.90. The number of hydrogen-bond donors (Lipinski definition) is 2. The molecule has 6 heteroatoms. The van der Waals surface area contributed by atoms with E-state index in [1.54, 1.807) is 18.2 Å². The van der Waals surface area contributed by atoms with E-state index in [2.05, 4.69) is 32.9 Å². The van der Waals surface area contributed by atoms with Gasteiger partial charge in [0.2, 0.25) is 5.91 Å². The van der Waals surface area contributed by atoms with Crippen molar-refractivity contribution >= 4 is 34.4 Å².